The number of ether oxygens (including phenoxy) is 2. The first-order chi connectivity index (χ1) is 7.60. The number of hydrogen-bond acceptors (Lipinski definition) is 4. The highest BCUT2D eigenvalue weighted by molar-refractivity contribution is 5.95. The van der Waals surface area contributed by atoms with Gasteiger partial charge in [-0.05, 0) is 6.92 Å². The quantitative estimate of drug-likeness (QED) is 0.398. The van der Waals surface area contributed by atoms with Crippen LogP contribution in [0.4, 0.5) is 0 Å². The van der Waals surface area contributed by atoms with E-state index in [1.807, 2.05) is 0 Å². The molecule has 0 bridgehead atoms. The number of carbonyl (C=O) groups excluding carboxylic acids is 2. The molecule has 1 atom stereocenters. The maximum absolute atomic E-state index is 11.6. The Bertz CT molecular complexity index is 386. The summed E-state index contributed by atoms with van der Waals surface area (Å²) in [5.74, 6) is -1.26. The van der Waals surface area contributed by atoms with E-state index >= 15 is 0 Å². The molecule has 0 radical (unpaired) electrons. The number of esters is 2. The van der Waals surface area contributed by atoms with Crippen LogP contribution in [0, 0.1) is 0 Å². The van der Waals surface area contributed by atoms with Crippen LogP contribution in [0.15, 0.2) is 18.7 Å². The van der Waals surface area contributed by atoms with Crippen LogP contribution in [0.25, 0.3) is 0 Å². The first-order valence-corrected chi connectivity index (χ1v) is 4.87. The van der Waals surface area contributed by atoms with E-state index in [0.717, 1.165) is 0 Å². The topological polar surface area (TPSA) is 61.4 Å². The van der Waals surface area contributed by atoms with Crippen LogP contribution in [-0.2, 0) is 26.1 Å². The van der Waals surface area contributed by atoms with Crippen LogP contribution in [-0.4, -0.2) is 30.2 Å². The highest BCUT2D eigenvalue weighted by Gasteiger charge is 2.35. The van der Waals surface area contributed by atoms with Crippen LogP contribution >= 0.6 is 0 Å². The van der Waals surface area contributed by atoms with Gasteiger partial charge in [0.05, 0.1) is 20.8 Å². The predicted octanol–water partition coefficient (Wildman–Crippen LogP) is -0.410. The van der Waals surface area contributed by atoms with E-state index in [4.69, 9.17) is 4.74 Å². The summed E-state index contributed by atoms with van der Waals surface area (Å²) < 4.78 is 12.6. The Labute approximate surface area is 93.4 Å². The molecule has 0 spiro atoms. The van der Waals surface area contributed by atoms with E-state index in [0.29, 0.717) is 0 Å². The molecule has 6 heteroatoms. The molecular weight excluding hydrogens is 212 g/mol. The van der Waals surface area contributed by atoms with Gasteiger partial charge in [-0.15, -0.1) is 0 Å². The molecule has 1 aromatic heterocycles. The van der Waals surface area contributed by atoms with Crippen molar-refractivity contribution in [3.8, 4) is 0 Å². The fraction of sp³-hybridized carbons (Fsp3) is 0.500. The average molecular weight is 227 g/mol. The first-order valence-electron chi connectivity index (χ1n) is 4.87. The Morgan fingerprint density at radius 3 is 2.56 bits per heavy atom. The molecule has 6 nitrogen and oxygen atoms in total. The van der Waals surface area contributed by atoms with Crippen LogP contribution < -0.4 is 4.57 Å². The summed E-state index contributed by atoms with van der Waals surface area (Å²) in [5.41, 5.74) is 0. The Morgan fingerprint density at radius 2 is 2.12 bits per heavy atom. The Kier molecular flexibility index (Phi) is 4.04. The first kappa shape index (κ1) is 12.2. The Morgan fingerprint density at radius 1 is 1.44 bits per heavy atom. The molecule has 0 aliphatic rings. The van der Waals surface area contributed by atoms with Gasteiger partial charge in [0, 0.05) is 0 Å². The second kappa shape index (κ2) is 5.29. The van der Waals surface area contributed by atoms with Crippen molar-refractivity contribution in [2.24, 2.45) is 7.05 Å². The van der Waals surface area contributed by atoms with Crippen LogP contribution in [0.3, 0.4) is 0 Å². The van der Waals surface area contributed by atoms with Crippen LogP contribution in [0.5, 0.6) is 0 Å². The third-order valence-corrected chi connectivity index (χ3v) is 2.02. The molecule has 1 heterocycles. The highest BCUT2D eigenvalue weighted by Crippen LogP contribution is 2.02. The summed E-state index contributed by atoms with van der Waals surface area (Å²) >= 11 is 0. The normalized spacial score (nSPS) is 11.9. The fourth-order valence-corrected chi connectivity index (χ4v) is 1.29. The zero-order valence-electron chi connectivity index (χ0n) is 9.54. The van der Waals surface area contributed by atoms with Gasteiger partial charge >= 0.3 is 11.9 Å². The van der Waals surface area contributed by atoms with Gasteiger partial charge < -0.3 is 9.47 Å². The molecule has 0 saturated heterocycles. The number of carbonyl (C=O) groups is 2. The maximum atomic E-state index is 11.6. The lowest BCUT2D eigenvalue weighted by Crippen LogP contribution is -2.48. The minimum atomic E-state index is -1.08. The standard InChI is InChI=1S/C10H15N2O4/c1-4-16-10(14)8(9(13)15-3)12-6-5-11(2)7-12/h5-8H,4H2,1-3H3/q+1. The largest absolute Gasteiger partial charge is 0.465 e. The minimum absolute atomic E-state index is 0.222. The van der Waals surface area contributed by atoms with E-state index < -0.39 is 18.0 Å². The highest BCUT2D eigenvalue weighted by atomic mass is 16.5. The molecule has 0 saturated carbocycles. The summed E-state index contributed by atoms with van der Waals surface area (Å²) in [4.78, 5) is 23.1. The van der Waals surface area contributed by atoms with Crippen molar-refractivity contribution in [2.45, 2.75) is 13.0 Å². The number of hydrogen-bond donors (Lipinski definition) is 0. The predicted molar refractivity (Wildman–Crippen MR) is 53.3 cm³/mol. The Balaban J connectivity index is 2.96. The summed E-state index contributed by atoms with van der Waals surface area (Å²) in [5, 5.41) is 0. The second-order valence-corrected chi connectivity index (χ2v) is 3.20. The van der Waals surface area contributed by atoms with Gasteiger partial charge in [-0.1, -0.05) is 0 Å². The molecule has 1 unspecified atom stereocenters. The van der Waals surface area contributed by atoms with Gasteiger partial charge in [-0.25, -0.2) is 18.7 Å². The van der Waals surface area contributed by atoms with Gasteiger partial charge in [0.1, 0.15) is 12.4 Å². The smallest absolute Gasteiger partial charge is 0.363 e. The lowest BCUT2D eigenvalue weighted by Gasteiger charge is -2.09. The lowest BCUT2D eigenvalue weighted by molar-refractivity contribution is -0.698. The zero-order chi connectivity index (χ0) is 12.1. The molecule has 0 N–H and O–H groups in total. The van der Waals surface area contributed by atoms with Gasteiger partial charge in [-0.3, -0.25) is 0 Å². The second-order valence-electron chi connectivity index (χ2n) is 3.20. The molecular formula is C10H15N2O4+. The van der Waals surface area contributed by atoms with Gasteiger partial charge in [0.25, 0.3) is 6.04 Å². The molecule has 1 aromatic rings. The minimum Gasteiger partial charge on any atom is -0.465 e. The molecule has 16 heavy (non-hydrogen) atoms. The molecule has 88 valence electrons. The van der Waals surface area contributed by atoms with Crippen molar-refractivity contribution in [3.05, 3.63) is 18.7 Å². The van der Waals surface area contributed by atoms with E-state index in [1.165, 1.54) is 11.7 Å². The zero-order valence-corrected chi connectivity index (χ0v) is 9.54. The van der Waals surface area contributed by atoms with Gasteiger partial charge in [-0.2, -0.15) is 0 Å². The van der Waals surface area contributed by atoms with Crippen molar-refractivity contribution in [1.29, 1.82) is 0 Å². The maximum Gasteiger partial charge on any atom is 0.363 e. The molecule has 0 aliphatic carbocycles. The Hall–Kier alpha value is -1.85. The number of aryl methyl sites for hydroxylation is 1. The average Bonchev–Trinajstić information content (AvgIpc) is 2.65. The molecule has 0 aromatic carbocycles. The van der Waals surface area contributed by atoms with Crippen molar-refractivity contribution >= 4 is 11.9 Å². The van der Waals surface area contributed by atoms with Crippen LogP contribution in [0.2, 0.25) is 0 Å². The van der Waals surface area contributed by atoms with E-state index in [1.54, 1.807) is 37.3 Å². The third-order valence-electron chi connectivity index (χ3n) is 2.02. The molecule has 0 fully saturated rings. The fourth-order valence-electron chi connectivity index (χ4n) is 1.29. The van der Waals surface area contributed by atoms with E-state index in [2.05, 4.69) is 4.74 Å². The summed E-state index contributed by atoms with van der Waals surface area (Å²) in [6.07, 6.45) is 4.94. The third kappa shape index (κ3) is 2.59. The van der Waals surface area contributed by atoms with Crippen molar-refractivity contribution < 1.29 is 23.6 Å². The van der Waals surface area contributed by atoms with E-state index in [-0.39, 0.29) is 6.61 Å². The van der Waals surface area contributed by atoms with Crippen LogP contribution in [0.1, 0.15) is 13.0 Å². The van der Waals surface area contributed by atoms with Crippen molar-refractivity contribution in [3.63, 3.8) is 0 Å². The number of rotatable bonds is 4. The number of nitrogens with zero attached hydrogens (tertiary/aromatic N) is 2. The lowest BCUT2D eigenvalue weighted by atomic mass is 10.3. The summed E-state index contributed by atoms with van der Waals surface area (Å²) in [6, 6.07) is -1.08. The monoisotopic (exact) mass is 227 g/mol. The molecule has 0 aliphatic heterocycles. The van der Waals surface area contributed by atoms with Gasteiger partial charge in [0.15, 0.2) is 0 Å². The number of aromatic nitrogens is 2. The van der Waals surface area contributed by atoms with Crippen molar-refractivity contribution in [2.75, 3.05) is 13.7 Å². The number of imidazole rings is 1. The summed E-state index contributed by atoms with van der Waals surface area (Å²) in [7, 11) is 3.02. The van der Waals surface area contributed by atoms with Gasteiger partial charge in [0.2, 0.25) is 6.33 Å². The summed E-state index contributed by atoms with van der Waals surface area (Å²) in [6.45, 7) is 1.90. The van der Waals surface area contributed by atoms with E-state index in [9.17, 15) is 9.59 Å². The number of methoxy groups -OCH3 is 1. The molecule has 1 rings (SSSR count). The molecule has 0 amide bonds. The SMILES string of the molecule is CCOC(=O)C(C(=O)OC)[n+]1ccn(C)c1. The van der Waals surface area contributed by atoms with Crippen molar-refractivity contribution in [1.82, 2.24) is 4.57 Å².